The number of aliphatic carboxylic acids is 1. The third kappa shape index (κ3) is 15.5. The van der Waals surface area contributed by atoms with Gasteiger partial charge in [-0.3, -0.25) is 4.79 Å². The van der Waals surface area contributed by atoms with Crippen LogP contribution in [-0.4, -0.2) is 129 Å². The van der Waals surface area contributed by atoms with Gasteiger partial charge in [0.15, 0.2) is 25.7 Å². The first kappa shape index (κ1) is 56.9. The van der Waals surface area contributed by atoms with Crippen LogP contribution in [0.4, 0.5) is 29.0 Å². The second kappa shape index (κ2) is 23.7. The number of carbonyl (C=O) groups excluding carboxylic acids is 2. The van der Waals surface area contributed by atoms with E-state index < -0.39 is 125 Å². The van der Waals surface area contributed by atoms with Gasteiger partial charge in [-0.15, -0.1) is 23.2 Å². The maximum absolute atomic E-state index is 13.6. The third-order valence-electron chi connectivity index (χ3n) is 7.62. The summed E-state index contributed by atoms with van der Waals surface area (Å²) >= 11 is 17.3. The molecule has 1 N–H and O–H groups in total. The van der Waals surface area contributed by atoms with Gasteiger partial charge in [0, 0.05) is 30.5 Å². The molecule has 0 aliphatic carbocycles. The van der Waals surface area contributed by atoms with Gasteiger partial charge in [0.2, 0.25) is 17.2 Å². The second-order valence-electron chi connectivity index (χ2n) is 11.6. The van der Waals surface area contributed by atoms with E-state index in [0.717, 1.165) is 31.2 Å². The van der Waals surface area contributed by atoms with E-state index >= 15 is 0 Å². The van der Waals surface area contributed by atoms with E-state index in [-0.39, 0.29) is 125 Å². The summed E-state index contributed by atoms with van der Waals surface area (Å²) in [5, 5.41) is 25.3. The van der Waals surface area contributed by atoms with Crippen LogP contribution in [0.1, 0.15) is 5.56 Å². The van der Waals surface area contributed by atoms with Crippen LogP contribution in [0.5, 0.6) is 0 Å². The first-order valence-corrected chi connectivity index (χ1v) is 23.5. The predicted octanol–water partition coefficient (Wildman–Crippen LogP) is -8.88. The minimum absolute atomic E-state index is 0. The van der Waals surface area contributed by atoms with E-state index in [9.17, 15) is 57.5 Å². The average Bonchev–Trinajstić information content (AvgIpc) is 3.42. The minimum atomic E-state index is -5.36. The number of hydrogen-bond acceptors (Lipinski definition) is 21. The summed E-state index contributed by atoms with van der Waals surface area (Å²) in [6.45, 7) is 0.381. The molecule has 2 aromatic carbocycles. The van der Waals surface area contributed by atoms with Crippen molar-refractivity contribution in [3.8, 4) is 0 Å². The van der Waals surface area contributed by atoms with Crippen molar-refractivity contribution in [2.24, 2.45) is 15.3 Å². The van der Waals surface area contributed by atoms with E-state index in [1.807, 2.05) is 0 Å². The molecule has 0 saturated heterocycles. The number of nitrogens with one attached hydrogen (secondary N) is 1. The number of rotatable bonds is 19. The summed E-state index contributed by atoms with van der Waals surface area (Å²) in [6, 6.07) is 4.09. The summed E-state index contributed by atoms with van der Waals surface area (Å²) in [6.07, 6.45) is 0. The Hall–Kier alpha value is -1.15. The molecule has 1 aromatic heterocycles. The second-order valence-corrected chi connectivity index (χ2v) is 20.0. The van der Waals surface area contributed by atoms with Crippen LogP contribution in [0.3, 0.4) is 0 Å². The predicted molar refractivity (Wildman–Crippen MR) is 201 cm³/mol. The van der Waals surface area contributed by atoms with Gasteiger partial charge in [0.1, 0.15) is 31.6 Å². The van der Waals surface area contributed by atoms with Gasteiger partial charge in [-0.1, -0.05) is 12.1 Å². The van der Waals surface area contributed by atoms with Crippen LogP contribution in [0, 0.1) is 6.92 Å². The number of carboxylic acid groups (broad SMARTS) is 1. The summed E-state index contributed by atoms with van der Waals surface area (Å²) in [4.78, 5) is 37.0. The molecule has 22 nitrogen and oxygen atoms in total. The molecule has 1 aliphatic rings. The molecular formula is C28H27Cl3N9Na3O13S4. The Balaban J connectivity index is 0.00000600. The van der Waals surface area contributed by atoms with Crippen LogP contribution in [0.2, 0.25) is 5.28 Å². The van der Waals surface area contributed by atoms with Crippen molar-refractivity contribution in [3.05, 3.63) is 47.2 Å². The molecule has 0 bridgehead atoms. The van der Waals surface area contributed by atoms with Crippen LogP contribution in [0.15, 0.2) is 61.5 Å². The smallest absolute Gasteiger partial charge is 0.744 e. The van der Waals surface area contributed by atoms with Gasteiger partial charge in [-0.05, 0) is 48.4 Å². The Morgan fingerprint density at radius 2 is 1.40 bits per heavy atom. The van der Waals surface area contributed by atoms with Crippen LogP contribution in [0.25, 0.3) is 0 Å². The molecule has 0 radical (unpaired) electrons. The quantitative estimate of drug-likeness (QED) is 0.0504. The number of anilines is 4. The molecule has 310 valence electrons. The van der Waals surface area contributed by atoms with E-state index in [1.54, 1.807) is 0 Å². The number of aromatic nitrogens is 3. The van der Waals surface area contributed by atoms with Crippen molar-refractivity contribution in [1.29, 1.82) is 0 Å². The molecular weight excluding hydrogens is 974 g/mol. The SMILES string of the molecule is Cc1c(N2N=C(C(=O)[O-])C(N=Nc3ccccc3S(=O)(=O)[O-])C2=O)cc(Nc2nc(Cl)nc(N(CCS(=O)(=O)CCCl)CCS(=O)(=O)CCCl)n2)cc1S(=O)(=O)[O-].[Na+].[Na+].[Na+]. The molecule has 0 spiro atoms. The number of carbonyl (C=O) groups is 2. The molecule has 1 atom stereocenters. The topological polar surface area (TPSA) is 334 Å². The molecule has 1 amide bonds. The monoisotopic (exact) mass is 999 g/mol. The van der Waals surface area contributed by atoms with Gasteiger partial charge < -0.3 is 29.2 Å². The number of amides is 1. The van der Waals surface area contributed by atoms with Crippen LogP contribution < -0.4 is 109 Å². The van der Waals surface area contributed by atoms with E-state index in [1.165, 1.54) is 17.0 Å². The number of benzene rings is 2. The Kier molecular flexibility index (Phi) is 22.4. The van der Waals surface area contributed by atoms with Crippen molar-refractivity contribution in [2.45, 2.75) is 22.8 Å². The van der Waals surface area contributed by atoms with Crippen molar-refractivity contribution >= 4 is 121 Å². The number of carboxylic acids is 1. The zero-order valence-electron chi connectivity index (χ0n) is 31.9. The summed E-state index contributed by atoms with van der Waals surface area (Å²) in [5.74, 6) is -6.42. The normalized spacial score (nSPS) is 14.5. The molecule has 3 aromatic rings. The van der Waals surface area contributed by atoms with Crippen LogP contribution >= 0.6 is 34.8 Å². The van der Waals surface area contributed by atoms with Crippen molar-refractivity contribution < 1.29 is 146 Å². The molecule has 60 heavy (non-hydrogen) atoms. The molecule has 0 saturated carbocycles. The van der Waals surface area contributed by atoms with E-state index in [2.05, 4.69) is 35.6 Å². The maximum atomic E-state index is 13.6. The average molecular weight is 1000 g/mol. The number of sulfone groups is 2. The Bertz CT molecular complexity index is 2560. The van der Waals surface area contributed by atoms with Gasteiger partial charge >= 0.3 is 88.7 Å². The maximum Gasteiger partial charge on any atom is 1.00 e. The third-order valence-corrected chi connectivity index (χ3v) is 13.7. The Morgan fingerprint density at radius 3 is 1.92 bits per heavy atom. The molecule has 1 aliphatic heterocycles. The first-order chi connectivity index (χ1) is 26.5. The number of nitrogens with zero attached hydrogens (tertiary/aromatic N) is 8. The van der Waals surface area contributed by atoms with Crippen molar-refractivity contribution in [2.75, 3.05) is 63.1 Å². The zero-order chi connectivity index (χ0) is 42.5. The van der Waals surface area contributed by atoms with Gasteiger partial charge in [0.05, 0.1) is 44.5 Å². The fraction of sp³-hybridized carbons (Fsp3) is 0.357. The molecule has 32 heteroatoms. The van der Waals surface area contributed by atoms with Gasteiger partial charge in [-0.25, -0.2) is 33.7 Å². The molecule has 2 heterocycles. The van der Waals surface area contributed by atoms with Gasteiger partial charge in [0.25, 0.3) is 5.91 Å². The van der Waals surface area contributed by atoms with Crippen molar-refractivity contribution in [3.63, 3.8) is 0 Å². The van der Waals surface area contributed by atoms with E-state index in [4.69, 9.17) is 34.8 Å². The summed E-state index contributed by atoms with van der Waals surface area (Å²) < 4.78 is 122. The Morgan fingerprint density at radius 1 is 0.850 bits per heavy atom. The summed E-state index contributed by atoms with van der Waals surface area (Å²) in [7, 11) is -17.9. The van der Waals surface area contributed by atoms with E-state index in [0.29, 0.717) is 5.01 Å². The Labute approximate surface area is 425 Å². The number of alkyl halides is 2. The largest absolute Gasteiger partial charge is 1.00 e. The number of halogens is 3. The molecule has 0 fully saturated rings. The fourth-order valence-electron chi connectivity index (χ4n) is 4.89. The first-order valence-electron chi connectivity index (χ1n) is 15.6. The zero-order valence-corrected chi connectivity index (χ0v) is 43.4. The number of azo groups is 1. The number of hydrogen-bond donors (Lipinski definition) is 1. The summed E-state index contributed by atoms with van der Waals surface area (Å²) in [5.41, 5.74) is -2.90. The number of hydrazone groups is 1. The minimum Gasteiger partial charge on any atom is -0.744 e. The molecule has 1 unspecified atom stereocenters. The molecule has 4 rings (SSSR count). The fourth-order valence-corrected chi connectivity index (χ4v) is 9.69. The van der Waals surface area contributed by atoms with Crippen molar-refractivity contribution in [1.82, 2.24) is 15.0 Å². The van der Waals surface area contributed by atoms with Gasteiger partial charge in [-0.2, -0.15) is 35.3 Å². The standard InChI is InChI=1S/C28H30Cl3N9O13S4.3Na/c1-16-19(40-24(41)22(23(38-40)25(42)43)37-36-18-4-2-3-5-20(18)56(48,49)50)14-17(15-21(16)57(51,52)53)32-27-33-26(31)34-28(35-27)39(8-12-54(44,45)10-6-29)9-13-55(46,47)11-7-30;;;/h2-5,14-15,22H,6-13H2,1H3,(H,42,43)(H,48,49,50)(H,51,52,53)(H,32,33,34,35);;;/q;3*+1/p-3. The van der Waals surface area contributed by atoms with Crippen LogP contribution in [-0.2, 0) is 49.5 Å².